The molecular weight excluding hydrogens is 126 g/mol. The summed E-state index contributed by atoms with van der Waals surface area (Å²) in [6, 6.07) is 1.39. The van der Waals surface area contributed by atoms with Crippen molar-refractivity contribution in [3.63, 3.8) is 0 Å². The van der Waals surface area contributed by atoms with Gasteiger partial charge in [-0.05, 0) is 19.9 Å². The third-order valence-corrected chi connectivity index (χ3v) is 2.41. The summed E-state index contributed by atoms with van der Waals surface area (Å²) < 4.78 is 0. The molecule has 0 radical (unpaired) electrons. The maximum atomic E-state index is 3.50. The predicted molar refractivity (Wildman–Crippen MR) is 40.8 cm³/mol. The van der Waals surface area contributed by atoms with E-state index in [0.29, 0.717) is 12.2 Å². The van der Waals surface area contributed by atoms with Gasteiger partial charge in [0, 0.05) is 18.6 Å². The van der Waals surface area contributed by atoms with Gasteiger partial charge in [-0.25, -0.2) is 0 Å². The van der Waals surface area contributed by atoms with Crippen molar-refractivity contribution in [3.8, 4) is 0 Å². The molecule has 2 aliphatic rings. The fourth-order valence-electron chi connectivity index (χ4n) is 1.92. The topological polar surface area (TPSA) is 36.1 Å². The van der Waals surface area contributed by atoms with Gasteiger partial charge in [0.25, 0.3) is 0 Å². The van der Waals surface area contributed by atoms with E-state index in [1.54, 1.807) is 0 Å². The van der Waals surface area contributed by atoms with E-state index < -0.39 is 0 Å². The third kappa shape index (κ3) is 1.05. The average Bonchev–Trinajstić information content (AvgIpc) is 2.27. The molecule has 3 heteroatoms. The van der Waals surface area contributed by atoms with Gasteiger partial charge in [0.2, 0.25) is 0 Å². The summed E-state index contributed by atoms with van der Waals surface area (Å²) in [4.78, 5) is 0. The molecule has 2 aliphatic heterocycles. The minimum atomic E-state index is 0.509. The number of piperidine rings is 1. The van der Waals surface area contributed by atoms with Crippen LogP contribution in [0.3, 0.4) is 0 Å². The second kappa shape index (κ2) is 2.49. The molecule has 3 unspecified atom stereocenters. The number of hydrogen-bond donors (Lipinski definition) is 3. The van der Waals surface area contributed by atoms with Crippen LogP contribution >= 0.6 is 0 Å². The molecule has 0 spiro atoms. The molecule has 0 aliphatic carbocycles. The smallest absolute Gasteiger partial charge is 0.0548 e. The Kier molecular flexibility index (Phi) is 1.64. The van der Waals surface area contributed by atoms with Crippen molar-refractivity contribution in [2.45, 2.75) is 31.6 Å². The molecule has 2 fully saturated rings. The van der Waals surface area contributed by atoms with Gasteiger partial charge in [0.1, 0.15) is 0 Å². The van der Waals surface area contributed by atoms with Gasteiger partial charge < -0.3 is 5.32 Å². The highest BCUT2D eigenvalue weighted by atomic mass is 15.3. The van der Waals surface area contributed by atoms with Crippen LogP contribution in [0.25, 0.3) is 0 Å². The van der Waals surface area contributed by atoms with Gasteiger partial charge in [-0.1, -0.05) is 0 Å². The lowest BCUT2D eigenvalue weighted by molar-refractivity contribution is 0.391. The highest BCUT2D eigenvalue weighted by molar-refractivity contribution is 4.95. The van der Waals surface area contributed by atoms with Crippen molar-refractivity contribution in [1.29, 1.82) is 0 Å². The summed E-state index contributed by atoms with van der Waals surface area (Å²) in [6.07, 6.45) is 1.78. The van der Waals surface area contributed by atoms with E-state index in [0.717, 1.165) is 12.6 Å². The van der Waals surface area contributed by atoms with E-state index in [1.807, 2.05) is 0 Å². The van der Waals surface area contributed by atoms with E-state index in [1.165, 1.54) is 13.0 Å². The summed E-state index contributed by atoms with van der Waals surface area (Å²) in [6.45, 7) is 4.48. The summed E-state index contributed by atoms with van der Waals surface area (Å²) >= 11 is 0. The lowest BCUT2D eigenvalue weighted by Gasteiger charge is -2.24. The zero-order valence-electron chi connectivity index (χ0n) is 6.35. The summed E-state index contributed by atoms with van der Waals surface area (Å²) in [5, 5.41) is 10.4. The molecule has 3 N–H and O–H groups in total. The van der Waals surface area contributed by atoms with Gasteiger partial charge in [0.15, 0.2) is 0 Å². The molecule has 0 aromatic carbocycles. The fraction of sp³-hybridized carbons (Fsp3) is 1.00. The number of hydrogen-bond acceptors (Lipinski definition) is 3. The Labute approximate surface area is 61.6 Å². The Morgan fingerprint density at radius 2 is 2.00 bits per heavy atom. The van der Waals surface area contributed by atoms with Crippen LogP contribution in [-0.4, -0.2) is 31.3 Å². The molecule has 2 saturated heterocycles. The highest BCUT2D eigenvalue weighted by Gasteiger charge is 2.31. The molecule has 0 aromatic heterocycles. The lowest BCUT2D eigenvalue weighted by Crippen LogP contribution is -2.48. The molecule has 0 aromatic rings. The molecule has 2 heterocycles. The minimum absolute atomic E-state index is 0.509. The van der Waals surface area contributed by atoms with E-state index >= 15 is 0 Å². The van der Waals surface area contributed by atoms with Crippen molar-refractivity contribution in [1.82, 2.24) is 16.0 Å². The van der Waals surface area contributed by atoms with Crippen LogP contribution in [0.4, 0.5) is 0 Å². The van der Waals surface area contributed by atoms with E-state index in [-0.39, 0.29) is 0 Å². The Bertz CT molecular complexity index is 112. The second-order valence-corrected chi connectivity index (χ2v) is 3.26. The zero-order valence-corrected chi connectivity index (χ0v) is 6.35. The van der Waals surface area contributed by atoms with Gasteiger partial charge in [-0.2, -0.15) is 0 Å². The molecule has 3 nitrogen and oxygen atoms in total. The number of nitrogens with one attached hydrogen (secondary N) is 3. The highest BCUT2D eigenvalue weighted by Crippen LogP contribution is 2.10. The first-order chi connectivity index (χ1) is 4.86. The normalized spacial score (nSPS) is 47.1. The van der Waals surface area contributed by atoms with Crippen LogP contribution in [0.2, 0.25) is 0 Å². The van der Waals surface area contributed by atoms with Gasteiger partial charge in [-0.3, -0.25) is 10.6 Å². The van der Waals surface area contributed by atoms with E-state index in [4.69, 9.17) is 0 Å². The second-order valence-electron chi connectivity index (χ2n) is 3.26. The molecule has 2 rings (SSSR count). The van der Waals surface area contributed by atoms with Crippen molar-refractivity contribution in [2.24, 2.45) is 0 Å². The maximum Gasteiger partial charge on any atom is 0.0548 e. The average molecular weight is 141 g/mol. The van der Waals surface area contributed by atoms with E-state index in [2.05, 4.69) is 22.9 Å². The Balaban J connectivity index is 1.97. The zero-order chi connectivity index (χ0) is 6.97. The first-order valence-electron chi connectivity index (χ1n) is 4.09. The number of fused-ring (bicyclic) bond motifs is 1. The monoisotopic (exact) mass is 141 g/mol. The number of rotatable bonds is 0. The molecule has 58 valence electrons. The maximum absolute atomic E-state index is 3.50. The molecule has 0 amide bonds. The minimum Gasteiger partial charge on any atom is -0.315 e. The quantitative estimate of drug-likeness (QED) is 0.416. The van der Waals surface area contributed by atoms with Crippen LogP contribution in [0.5, 0.6) is 0 Å². The van der Waals surface area contributed by atoms with Crippen molar-refractivity contribution < 1.29 is 0 Å². The van der Waals surface area contributed by atoms with Crippen molar-refractivity contribution in [3.05, 3.63) is 0 Å². The molecular formula is C7H15N3. The largest absolute Gasteiger partial charge is 0.315 e. The standard InChI is InChI=1S/C7H15N3/c1-5-9-6-2-3-8-4-7(6)10-5/h5-10H,2-4H2,1H3. The Morgan fingerprint density at radius 1 is 1.20 bits per heavy atom. The first-order valence-corrected chi connectivity index (χ1v) is 4.09. The Hall–Kier alpha value is -0.120. The van der Waals surface area contributed by atoms with Gasteiger partial charge >= 0.3 is 0 Å². The summed E-state index contributed by atoms with van der Waals surface area (Å²) in [5.41, 5.74) is 0. The van der Waals surface area contributed by atoms with Crippen LogP contribution in [-0.2, 0) is 0 Å². The van der Waals surface area contributed by atoms with Gasteiger partial charge in [-0.15, -0.1) is 0 Å². The molecule has 3 atom stereocenters. The summed E-state index contributed by atoms with van der Waals surface area (Å²) in [7, 11) is 0. The fourth-order valence-corrected chi connectivity index (χ4v) is 1.92. The van der Waals surface area contributed by atoms with Crippen LogP contribution in [0, 0.1) is 0 Å². The molecule has 0 bridgehead atoms. The lowest BCUT2D eigenvalue weighted by atomic mass is 10.0. The SMILES string of the molecule is CC1NC2CCNCC2N1. The predicted octanol–water partition coefficient (Wildman–Crippen LogP) is -0.744. The van der Waals surface area contributed by atoms with E-state index in [9.17, 15) is 0 Å². The van der Waals surface area contributed by atoms with Crippen LogP contribution in [0.15, 0.2) is 0 Å². The molecule has 10 heavy (non-hydrogen) atoms. The van der Waals surface area contributed by atoms with Gasteiger partial charge in [0.05, 0.1) is 6.17 Å². The molecule has 0 saturated carbocycles. The van der Waals surface area contributed by atoms with Crippen molar-refractivity contribution in [2.75, 3.05) is 13.1 Å². The Morgan fingerprint density at radius 3 is 2.80 bits per heavy atom. The summed E-state index contributed by atoms with van der Waals surface area (Å²) in [5.74, 6) is 0. The third-order valence-electron chi connectivity index (χ3n) is 2.41. The van der Waals surface area contributed by atoms with Crippen molar-refractivity contribution >= 4 is 0 Å². The van der Waals surface area contributed by atoms with Crippen LogP contribution < -0.4 is 16.0 Å². The first kappa shape index (κ1) is 6.58. The van der Waals surface area contributed by atoms with Crippen LogP contribution in [0.1, 0.15) is 13.3 Å².